The third kappa shape index (κ3) is 2.98. The minimum Gasteiger partial charge on any atom is -0.501 e. The van der Waals surface area contributed by atoms with Crippen LogP contribution in [0.15, 0.2) is 57.1 Å². The monoisotopic (exact) mass is 367 g/mol. The molecular formula is C18H13N3O4S. The fourth-order valence-electron chi connectivity index (χ4n) is 2.53. The molecule has 3 heterocycles. The van der Waals surface area contributed by atoms with Crippen molar-refractivity contribution in [3.8, 4) is 16.5 Å². The molecule has 0 saturated heterocycles. The van der Waals surface area contributed by atoms with Crippen LogP contribution in [-0.4, -0.2) is 21.0 Å². The number of carbonyl (C=O) groups excluding carboxylic acids is 1. The molecule has 26 heavy (non-hydrogen) atoms. The molecule has 0 bridgehead atoms. The third-order valence-electron chi connectivity index (χ3n) is 3.76. The Bertz CT molecular complexity index is 1110. The summed E-state index contributed by atoms with van der Waals surface area (Å²) >= 11 is 1.36. The summed E-state index contributed by atoms with van der Waals surface area (Å²) < 4.78 is 5.63. The van der Waals surface area contributed by atoms with Gasteiger partial charge in [0.25, 0.3) is 11.5 Å². The quantitative estimate of drug-likeness (QED) is 0.514. The van der Waals surface area contributed by atoms with Crippen molar-refractivity contribution in [2.24, 2.45) is 0 Å². The molecule has 0 radical (unpaired) electrons. The molecule has 3 aromatic heterocycles. The van der Waals surface area contributed by atoms with Gasteiger partial charge in [-0.3, -0.25) is 9.59 Å². The molecule has 8 heteroatoms. The summed E-state index contributed by atoms with van der Waals surface area (Å²) in [5.41, 5.74) is -0.376. The van der Waals surface area contributed by atoms with E-state index in [9.17, 15) is 14.7 Å². The first-order valence-electron chi connectivity index (χ1n) is 7.74. The summed E-state index contributed by atoms with van der Waals surface area (Å²) in [7, 11) is 0. The van der Waals surface area contributed by atoms with Crippen LogP contribution in [0.4, 0.5) is 0 Å². The minimum absolute atomic E-state index is 0.107. The molecule has 0 fully saturated rings. The predicted molar refractivity (Wildman–Crippen MR) is 97.2 cm³/mol. The van der Waals surface area contributed by atoms with Crippen molar-refractivity contribution in [1.29, 1.82) is 0 Å². The van der Waals surface area contributed by atoms with Gasteiger partial charge in [-0.2, -0.15) is 0 Å². The van der Waals surface area contributed by atoms with Gasteiger partial charge in [0.15, 0.2) is 11.5 Å². The minimum atomic E-state index is -0.766. The van der Waals surface area contributed by atoms with Crippen LogP contribution < -0.4 is 10.9 Å². The van der Waals surface area contributed by atoms with E-state index in [0.717, 1.165) is 5.39 Å². The van der Waals surface area contributed by atoms with E-state index in [1.165, 1.54) is 11.3 Å². The first kappa shape index (κ1) is 16.1. The second-order valence-corrected chi connectivity index (χ2v) is 6.47. The summed E-state index contributed by atoms with van der Waals surface area (Å²) in [6.07, 6.45) is 0. The van der Waals surface area contributed by atoms with Gasteiger partial charge in [0.1, 0.15) is 11.3 Å². The van der Waals surface area contributed by atoms with Crippen LogP contribution in [0.25, 0.3) is 21.7 Å². The highest BCUT2D eigenvalue weighted by atomic mass is 32.1. The summed E-state index contributed by atoms with van der Waals surface area (Å²) in [4.78, 5) is 31.6. The Morgan fingerprint density at radius 3 is 2.88 bits per heavy atom. The van der Waals surface area contributed by atoms with Gasteiger partial charge in [-0.15, -0.1) is 11.3 Å². The number of rotatable bonds is 4. The highest BCUT2D eigenvalue weighted by molar-refractivity contribution is 7.13. The molecule has 130 valence electrons. The summed E-state index contributed by atoms with van der Waals surface area (Å²) in [5, 5.41) is 15.3. The standard InChI is InChI=1S/C18H13N3O4S/c22-15-14(20-16(21-18(15)24)13-6-3-7-26-13)17(23)19-9-11-8-10-4-1-2-5-12(10)25-11/h1-8,22H,9H2,(H,19,23)(H,20,21,24). The Balaban J connectivity index is 1.58. The molecule has 0 atom stereocenters. The normalized spacial score (nSPS) is 10.9. The number of fused-ring (bicyclic) bond motifs is 1. The second-order valence-electron chi connectivity index (χ2n) is 5.52. The van der Waals surface area contributed by atoms with Crippen molar-refractivity contribution < 1.29 is 14.3 Å². The van der Waals surface area contributed by atoms with Gasteiger partial charge in [0.2, 0.25) is 5.75 Å². The number of furan rings is 1. The molecule has 0 aliphatic heterocycles. The lowest BCUT2D eigenvalue weighted by atomic mass is 10.2. The molecular weight excluding hydrogens is 354 g/mol. The Kier molecular flexibility index (Phi) is 4.02. The molecule has 0 saturated carbocycles. The second kappa shape index (κ2) is 6.49. The molecule has 0 unspecified atom stereocenters. The fraction of sp³-hybridized carbons (Fsp3) is 0.0556. The Labute approximate surface area is 150 Å². The van der Waals surface area contributed by atoms with Gasteiger partial charge in [0.05, 0.1) is 11.4 Å². The van der Waals surface area contributed by atoms with Crippen LogP contribution >= 0.6 is 11.3 Å². The Morgan fingerprint density at radius 1 is 1.27 bits per heavy atom. The van der Waals surface area contributed by atoms with Gasteiger partial charge < -0.3 is 19.8 Å². The zero-order valence-corrected chi connectivity index (χ0v) is 14.2. The SMILES string of the molecule is O=C(NCc1cc2ccccc2o1)c1nc(-c2cccs2)[nH]c(=O)c1O. The summed E-state index contributed by atoms with van der Waals surface area (Å²) in [6.45, 7) is 0.107. The first-order chi connectivity index (χ1) is 12.6. The van der Waals surface area contributed by atoms with Gasteiger partial charge >= 0.3 is 0 Å². The number of amides is 1. The molecule has 4 rings (SSSR count). The van der Waals surface area contributed by atoms with Crippen molar-refractivity contribution >= 4 is 28.2 Å². The number of thiophene rings is 1. The number of carbonyl (C=O) groups is 1. The van der Waals surface area contributed by atoms with Gasteiger partial charge in [-0.1, -0.05) is 24.3 Å². The largest absolute Gasteiger partial charge is 0.501 e. The summed E-state index contributed by atoms with van der Waals surface area (Å²) in [5.74, 6) is -0.585. The highest BCUT2D eigenvalue weighted by Crippen LogP contribution is 2.22. The fourth-order valence-corrected chi connectivity index (χ4v) is 3.20. The molecule has 1 amide bonds. The Morgan fingerprint density at radius 2 is 2.12 bits per heavy atom. The van der Waals surface area contributed by atoms with Crippen molar-refractivity contribution in [2.45, 2.75) is 6.54 Å². The van der Waals surface area contributed by atoms with E-state index >= 15 is 0 Å². The maximum absolute atomic E-state index is 12.4. The van der Waals surface area contributed by atoms with Crippen LogP contribution in [-0.2, 0) is 6.54 Å². The Hall–Kier alpha value is -3.39. The van der Waals surface area contributed by atoms with Crippen LogP contribution in [0.1, 0.15) is 16.2 Å². The number of aromatic nitrogens is 2. The van der Waals surface area contributed by atoms with Crippen LogP contribution in [0, 0.1) is 0 Å². The van der Waals surface area contributed by atoms with Crippen LogP contribution in [0.2, 0.25) is 0 Å². The lowest BCUT2D eigenvalue weighted by molar-refractivity contribution is 0.0940. The van der Waals surface area contributed by atoms with Gasteiger partial charge in [0, 0.05) is 5.39 Å². The zero-order chi connectivity index (χ0) is 18.1. The number of para-hydroxylation sites is 1. The number of H-pyrrole nitrogens is 1. The average Bonchev–Trinajstić information content (AvgIpc) is 3.31. The topological polar surface area (TPSA) is 108 Å². The summed E-state index contributed by atoms with van der Waals surface area (Å²) in [6, 6.07) is 12.9. The van der Waals surface area contributed by atoms with Crippen molar-refractivity contribution in [3.63, 3.8) is 0 Å². The molecule has 0 aliphatic rings. The maximum atomic E-state index is 12.4. The average molecular weight is 367 g/mol. The van der Waals surface area contributed by atoms with E-state index in [0.29, 0.717) is 16.2 Å². The van der Waals surface area contributed by atoms with Crippen molar-refractivity contribution in [1.82, 2.24) is 15.3 Å². The van der Waals surface area contributed by atoms with E-state index in [1.807, 2.05) is 35.7 Å². The number of nitrogens with zero attached hydrogens (tertiary/aromatic N) is 1. The van der Waals surface area contributed by atoms with E-state index in [-0.39, 0.29) is 18.1 Å². The molecule has 7 nitrogen and oxygen atoms in total. The van der Waals surface area contributed by atoms with E-state index in [2.05, 4.69) is 15.3 Å². The van der Waals surface area contributed by atoms with Crippen molar-refractivity contribution in [3.05, 3.63) is 69.7 Å². The van der Waals surface area contributed by atoms with Crippen molar-refractivity contribution in [2.75, 3.05) is 0 Å². The third-order valence-corrected chi connectivity index (χ3v) is 4.64. The lowest BCUT2D eigenvalue weighted by Gasteiger charge is -2.06. The lowest BCUT2D eigenvalue weighted by Crippen LogP contribution is -2.26. The molecule has 0 spiro atoms. The van der Waals surface area contributed by atoms with Gasteiger partial charge in [-0.25, -0.2) is 4.98 Å². The number of aromatic hydroxyl groups is 1. The molecule has 0 aliphatic carbocycles. The van der Waals surface area contributed by atoms with Gasteiger partial charge in [-0.05, 0) is 23.6 Å². The predicted octanol–water partition coefficient (Wildman–Crippen LogP) is 2.88. The maximum Gasteiger partial charge on any atom is 0.294 e. The van der Waals surface area contributed by atoms with Crippen LogP contribution in [0.3, 0.4) is 0 Å². The number of nitrogens with one attached hydrogen (secondary N) is 2. The molecule has 1 aromatic carbocycles. The van der Waals surface area contributed by atoms with E-state index in [1.54, 1.807) is 12.1 Å². The van der Waals surface area contributed by atoms with Crippen LogP contribution in [0.5, 0.6) is 5.75 Å². The first-order valence-corrected chi connectivity index (χ1v) is 8.62. The zero-order valence-electron chi connectivity index (χ0n) is 13.4. The smallest absolute Gasteiger partial charge is 0.294 e. The number of hydrogen-bond donors (Lipinski definition) is 3. The molecule has 3 N–H and O–H groups in total. The van der Waals surface area contributed by atoms with E-state index < -0.39 is 17.2 Å². The highest BCUT2D eigenvalue weighted by Gasteiger charge is 2.19. The number of aromatic amines is 1. The van der Waals surface area contributed by atoms with E-state index in [4.69, 9.17) is 4.42 Å². The number of hydrogen-bond acceptors (Lipinski definition) is 6. The molecule has 4 aromatic rings. The number of benzene rings is 1.